The minimum absolute atomic E-state index is 0.0759. The second kappa shape index (κ2) is 8.19. The molecular formula is C29H20F3NO5. The van der Waals surface area contributed by atoms with E-state index in [-0.39, 0.29) is 16.8 Å². The van der Waals surface area contributed by atoms with Crippen LogP contribution in [0.15, 0.2) is 72.8 Å². The number of halogens is 3. The minimum atomic E-state index is -4.60. The van der Waals surface area contributed by atoms with Crippen molar-refractivity contribution in [3.63, 3.8) is 0 Å². The smallest absolute Gasteiger partial charge is 0.349 e. The molecule has 2 amide bonds. The van der Waals surface area contributed by atoms with E-state index >= 15 is 0 Å². The molecule has 0 unspecified atom stereocenters. The summed E-state index contributed by atoms with van der Waals surface area (Å²) in [7, 11) is 0. The van der Waals surface area contributed by atoms with E-state index in [2.05, 4.69) is 0 Å². The molecule has 0 radical (unpaired) electrons. The van der Waals surface area contributed by atoms with E-state index in [1.165, 1.54) is 12.1 Å². The summed E-state index contributed by atoms with van der Waals surface area (Å²) in [4.78, 5) is 55.9. The Morgan fingerprint density at radius 1 is 0.816 bits per heavy atom. The molecule has 2 heterocycles. The van der Waals surface area contributed by atoms with Gasteiger partial charge in [0.1, 0.15) is 0 Å². The van der Waals surface area contributed by atoms with Crippen molar-refractivity contribution < 1.29 is 37.1 Å². The zero-order valence-electron chi connectivity index (χ0n) is 20.0. The third-order valence-corrected chi connectivity index (χ3v) is 7.69. The Morgan fingerprint density at radius 2 is 1.39 bits per heavy atom. The number of nitrogens with zero attached hydrogens (tertiary/aromatic N) is 1. The number of amides is 2. The number of fused-ring (bicyclic) bond motifs is 3. The predicted molar refractivity (Wildman–Crippen MR) is 128 cm³/mol. The highest BCUT2D eigenvalue weighted by Gasteiger charge is 2.74. The van der Waals surface area contributed by atoms with E-state index in [4.69, 9.17) is 4.74 Å². The van der Waals surface area contributed by atoms with Gasteiger partial charge in [-0.05, 0) is 41.8 Å². The molecular weight excluding hydrogens is 499 g/mol. The van der Waals surface area contributed by atoms with Gasteiger partial charge in [-0.2, -0.15) is 13.2 Å². The number of hydrogen-bond acceptors (Lipinski definition) is 5. The van der Waals surface area contributed by atoms with Gasteiger partial charge in [-0.15, -0.1) is 0 Å². The Hall–Kier alpha value is -4.11. The maximum atomic E-state index is 13.9. The molecule has 2 saturated heterocycles. The molecule has 38 heavy (non-hydrogen) atoms. The van der Waals surface area contributed by atoms with Gasteiger partial charge in [0.2, 0.25) is 29.0 Å². The average Bonchev–Trinajstić information content (AvgIpc) is 3.48. The third-order valence-electron chi connectivity index (χ3n) is 7.69. The molecule has 6 nitrogen and oxygen atoms in total. The molecule has 0 bridgehead atoms. The van der Waals surface area contributed by atoms with Crippen LogP contribution in [0.1, 0.15) is 50.4 Å². The van der Waals surface area contributed by atoms with Crippen LogP contribution in [0, 0.1) is 11.8 Å². The zero-order chi connectivity index (χ0) is 27.0. The SMILES string of the molecule is CCc1ccc([C@H]2OC3(C(=O)c4ccccc4C3=O)[C@H]3C(=O)N(c4ccc(C(F)(F)F)cc4)C(=O)[C@H]23)cc1. The maximum absolute atomic E-state index is 13.9. The summed E-state index contributed by atoms with van der Waals surface area (Å²) in [6.07, 6.45) is -4.94. The van der Waals surface area contributed by atoms with Gasteiger partial charge in [0, 0.05) is 11.1 Å². The quantitative estimate of drug-likeness (QED) is 0.361. The molecule has 2 aliphatic heterocycles. The first-order chi connectivity index (χ1) is 18.1. The summed E-state index contributed by atoms with van der Waals surface area (Å²) in [5.41, 5.74) is -1.52. The molecule has 3 aromatic rings. The van der Waals surface area contributed by atoms with E-state index < -0.39 is 58.7 Å². The number of Topliss-reactive ketones (excluding diaryl/α,β-unsaturated/α-hetero) is 2. The van der Waals surface area contributed by atoms with E-state index in [9.17, 15) is 32.3 Å². The van der Waals surface area contributed by atoms with Crippen molar-refractivity contribution in [1.82, 2.24) is 0 Å². The van der Waals surface area contributed by atoms with Crippen LogP contribution in [0.4, 0.5) is 18.9 Å². The van der Waals surface area contributed by atoms with Gasteiger partial charge in [-0.1, -0.05) is 55.5 Å². The number of benzene rings is 3. The highest BCUT2D eigenvalue weighted by Crippen LogP contribution is 2.57. The zero-order valence-corrected chi connectivity index (χ0v) is 20.0. The molecule has 0 saturated carbocycles. The van der Waals surface area contributed by atoms with Gasteiger partial charge in [-0.25, -0.2) is 4.90 Å². The third kappa shape index (κ3) is 3.18. The number of aryl methyl sites for hydroxylation is 1. The molecule has 3 atom stereocenters. The summed E-state index contributed by atoms with van der Waals surface area (Å²) < 4.78 is 45.5. The molecule has 192 valence electrons. The van der Waals surface area contributed by atoms with E-state index in [0.717, 1.165) is 41.1 Å². The monoisotopic (exact) mass is 519 g/mol. The van der Waals surface area contributed by atoms with Crippen molar-refractivity contribution >= 4 is 29.1 Å². The maximum Gasteiger partial charge on any atom is 0.416 e. The van der Waals surface area contributed by atoms with Crippen LogP contribution < -0.4 is 4.90 Å². The molecule has 6 rings (SSSR count). The lowest BCUT2D eigenvalue weighted by Crippen LogP contribution is -2.51. The number of anilines is 1. The summed E-state index contributed by atoms with van der Waals surface area (Å²) in [5, 5.41) is 0. The summed E-state index contributed by atoms with van der Waals surface area (Å²) in [5.74, 6) is -5.69. The Balaban J connectivity index is 1.49. The van der Waals surface area contributed by atoms with Crippen LogP contribution >= 0.6 is 0 Å². The highest BCUT2D eigenvalue weighted by atomic mass is 19.4. The van der Waals surface area contributed by atoms with Crippen LogP contribution in [0.5, 0.6) is 0 Å². The van der Waals surface area contributed by atoms with Gasteiger partial charge in [0.25, 0.3) is 0 Å². The molecule has 0 N–H and O–H groups in total. The summed E-state index contributed by atoms with van der Waals surface area (Å²) >= 11 is 0. The van der Waals surface area contributed by atoms with Crippen LogP contribution in [0.3, 0.4) is 0 Å². The van der Waals surface area contributed by atoms with Gasteiger partial charge < -0.3 is 4.74 Å². The fraction of sp³-hybridized carbons (Fsp3) is 0.241. The largest absolute Gasteiger partial charge is 0.416 e. The lowest BCUT2D eigenvalue weighted by Gasteiger charge is -2.27. The Kier molecular flexibility index (Phi) is 5.23. The van der Waals surface area contributed by atoms with Gasteiger partial charge in [0.15, 0.2) is 0 Å². The van der Waals surface area contributed by atoms with Gasteiger partial charge in [-0.3, -0.25) is 19.2 Å². The van der Waals surface area contributed by atoms with E-state index in [0.29, 0.717) is 5.56 Å². The van der Waals surface area contributed by atoms with E-state index in [1.54, 1.807) is 24.3 Å². The van der Waals surface area contributed by atoms with Crippen molar-refractivity contribution in [2.45, 2.75) is 31.2 Å². The number of carbonyl (C=O) groups excluding carboxylic acids is 4. The number of alkyl halides is 3. The minimum Gasteiger partial charge on any atom is -0.349 e. The second-order valence-electron chi connectivity index (χ2n) is 9.63. The molecule has 0 aromatic heterocycles. The average molecular weight is 519 g/mol. The van der Waals surface area contributed by atoms with Gasteiger partial charge >= 0.3 is 6.18 Å². The molecule has 9 heteroatoms. The molecule has 3 aromatic carbocycles. The first kappa shape index (κ1) is 24.2. The Morgan fingerprint density at radius 3 is 1.92 bits per heavy atom. The lowest BCUT2D eigenvalue weighted by atomic mass is 9.77. The first-order valence-electron chi connectivity index (χ1n) is 12.1. The number of carbonyl (C=O) groups is 4. The van der Waals surface area contributed by atoms with Crippen LogP contribution in [0.25, 0.3) is 0 Å². The van der Waals surface area contributed by atoms with Crippen molar-refractivity contribution in [1.29, 1.82) is 0 Å². The van der Waals surface area contributed by atoms with Crippen molar-refractivity contribution in [2.75, 3.05) is 4.90 Å². The molecule has 2 fully saturated rings. The number of ether oxygens (including phenoxy) is 1. The molecule has 3 aliphatic rings. The predicted octanol–water partition coefficient (Wildman–Crippen LogP) is 4.96. The summed E-state index contributed by atoms with van der Waals surface area (Å²) in [6, 6.07) is 16.9. The lowest BCUT2D eigenvalue weighted by molar-refractivity contribution is -0.137. The molecule has 1 aliphatic carbocycles. The number of imide groups is 1. The van der Waals surface area contributed by atoms with E-state index in [1.807, 2.05) is 19.1 Å². The molecule has 1 spiro atoms. The number of rotatable bonds is 3. The second-order valence-corrected chi connectivity index (χ2v) is 9.63. The Bertz CT molecular complexity index is 1480. The topological polar surface area (TPSA) is 80.8 Å². The summed E-state index contributed by atoms with van der Waals surface area (Å²) in [6.45, 7) is 1.97. The highest BCUT2D eigenvalue weighted by molar-refractivity contribution is 6.37. The normalized spacial score (nSPS) is 23.9. The van der Waals surface area contributed by atoms with Crippen molar-refractivity contribution in [3.05, 3.63) is 101 Å². The number of hydrogen-bond donors (Lipinski definition) is 0. The standard InChI is InChI=1S/C29H20F3NO5/c1-2-15-7-9-16(10-8-15)23-21-22(28(38-23)24(34)19-5-3-4-6-20(19)25(28)35)27(37)33(26(21)36)18-13-11-17(12-14-18)29(30,31)32/h3-14,21-23H,2H2,1H3/t21-,22+,23+/m0/s1. The van der Waals surface area contributed by atoms with Crippen LogP contribution in [-0.2, 0) is 26.9 Å². The van der Waals surface area contributed by atoms with Crippen molar-refractivity contribution in [2.24, 2.45) is 11.8 Å². The fourth-order valence-corrected chi connectivity index (χ4v) is 5.82. The van der Waals surface area contributed by atoms with Crippen LogP contribution in [-0.4, -0.2) is 29.0 Å². The van der Waals surface area contributed by atoms with Crippen molar-refractivity contribution in [3.8, 4) is 0 Å². The Labute approximate surface area is 215 Å². The first-order valence-corrected chi connectivity index (χ1v) is 12.1. The number of ketones is 2. The fourth-order valence-electron chi connectivity index (χ4n) is 5.82. The van der Waals surface area contributed by atoms with Gasteiger partial charge in [0.05, 0.1) is 29.2 Å². The van der Waals surface area contributed by atoms with Crippen LogP contribution in [0.2, 0.25) is 0 Å².